The van der Waals surface area contributed by atoms with E-state index in [1.807, 2.05) is 13.1 Å². The van der Waals surface area contributed by atoms with Crippen LogP contribution in [0.4, 0.5) is 0 Å². The van der Waals surface area contributed by atoms with Crippen LogP contribution in [-0.4, -0.2) is 23.2 Å². The molecule has 0 fully saturated rings. The third-order valence-electron chi connectivity index (χ3n) is 2.65. The summed E-state index contributed by atoms with van der Waals surface area (Å²) in [5, 5.41) is 12.5. The van der Waals surface area contributed by atoms with Gasteiger partial charge in [-0.15, -0.1) is 0 Å². The van der Waals surface area contributed by atoms with Gasteiger partial charge in [0, 0.05) is 18.0 Å². The van der Waals surface area contributed by atoms with Crippen LogP contribution in [0, 0.1) is 0 Å². The zero-order valence-electron chi connectivity index (χ0n) is 9.97. The molecule has 1 aromatic heterocycles. The van der Waals surface area contributed by atoms with Gasteiger partial charge in [-0.25, -0.2) is 4.98 Å². The molecule has 0 spiro atoms. The minimum atomic E-state index is 0.214. The Bertz CT molecular complexity index is 494. The van der Waals surface area contributed by atoms with Crippen LogP contribution in [-0.2, 0) is 6.42 Å². The average Bonchev–Trinajstić information content (AvgIpc) is 2.77. The van der Waals surface area contributed by atoms with Crippen LogP contribution in [0.25, 0.3) is 11.5 Å². The van der Waals surface area contributed by atoms with E-state index in [0.29, 0.717) is 11.9 Å². The predicted octanol–water partition coefficient (Wildman–Crippen LogP) is 2.20. The molecule has 2 N–H and O–H groups in total. The number of aromatic hydroxyl groups is 1. The molecule has 0 radical (unpaired) electrons. The van der Waals surface area contributed by atoms with Crippen molar-refractivity contribution in [1.29, 1.82) is 0 Å². The van der Waals surface area contributed by atoms with Crippen molar-refractivity contribution in [2.75, 3.05) is 7.05 Å². The summed E-state index contributed by atoms with van der Waals surface area (Å²) < 4.78 is 5.63. The van der Waals surface area contributed by atoms with E-state index in [4.69, 9.17) is 4.42 Å². The van der Waals surface area contributed by atoms with Crippen LogP contribution in [0.15, 0.2) is 34.9 Å². The highest BCUT2D eigenvalue weighted by molar-refractivity contribution is 5.55. The van der Waals surface area contributed by atoms with Crippen molar-refractivity contribution in [3.05, 3.63) is 36.2 Å². The minimum absolute atomic E-state index is 0.214. The van der Waals surface area contributed by atoms with Crippen LogP contribution >= 0.6 is 0 Å². The predicted molar refractivity (Wildman–Crippen MR) is 65.8 cm³/mol. The topological polar surface area (TPSA) is 58.3 Å². The van der Waals surface area contributed by atoms with E-state index in [2.05, 4.69) is 17.2 Å². The Balaban J connectivity index is 2.18. The monoisotopic (exact) mass is 232 g/mol. The maximum atomic E-state index is 9.39. The lowest BCUT2D eigenvalue weighted by atomic mass is 10.2. The summed E-state index contributed by atoms with van der Waals surface area (Å²) in [6.07, 6.45) is 2.52. The fourth-order valence-electron chi connectivity index (χ4n) is 1.58. The summed E-state index contributed by atoms with van der Waals surface area (Å²) in [6, 6.07) is 7.23. The molecule has 1 atom stereocenters. The number of phenols is 1. The van der Waals surface area contributed by atoms with Crippen molar-refractivity contribution in [3.8, 4) is 17.2 Å². The third kappa shape index (κ3) is 2.85. The summed E-state index contributed by atoms with van der Waals surface area (Å²) in [7, 11) is 1.91. The highest BCUT2D eigenvalue weighted by Crippen LogP contribution is 2.23. The van der Waals surface area contributed by atoms with Crippen molar-refractivity contribution < 1.29 is 9.52 Å². The molecule has 0 saturated heterocycles. The normalized spacial score (nSPS) is 12.6. The SMILES string of the molecule is CNC(C)Cc1cnc(-c2cccc(O)c2)o1. The van der Waals surface area contributed by atoms with Gasteiger partial charge < -0.3 is 14.8 Å². The first-order chi connectivity index (χ1) is 8.19. The van der Waals surface area contributed by atoms with Crippen molar-refractivity contribution in [3.63, 3.8) is 0 Å². The number of rotatable bonds is 4. The van der Waals surface area contributed by atoms with Crippen LogP contribution in [0.3, 0.4) is 0 Å². The minimum Gasteiger partial charge on any atom is -0.508 e. The molecule has 2 rings (SSSR count). The number of nitrogens with one attached hydrogen (secondary N) is 1. The summed E-state index contributed by atoms with van der Waals surface area (Å²) in [4.78, 5) is 4.21. The molecule has 4 heteroatoms. The first-order valence-corrected chi connectivity index (χ1v) is 5.60. The number of hydrogen-bond acceptors (Lipinski definition) is 4. The fraction of sp³-hybridized carbons (Fsp3) is 0.308. The van der Waals surface area contributed by atoms with Crippen molar-refractivity contribution in [2.24, 2.45) is 0 Å². The molecule has 1 heterocycles. The van der Waals surface area contributed by atoms with Crippen molar-refractivity contribution in [2.45, 2.75) is 19.4 Å². The number of oxazole rings is 1. The first-order valence-electron chi connectivity index (χ1n) is 5.60. The van der Waals surface area contributed by atoms with Gasteiger partial charge in [-0.3, -0.25) is 0 Å². The lowest BCUT2D eigenvalue weighted by Gasteiger charge is -2.06. The maximum Gasteiger partial charge on any atom is 0.226 e. The van der Waals surface area contributed by atoms with Crippen molar-refractivity contribution >= 4 is 0 Å². The van der Waals surface area contributed by atoms with Gasteiger partial charge in [-0.05, 0) is 32.2 Å². The molecule has 0 aliphatic rings. The smallest absolute Gasteiger partial charge is 0.226 e. The second-order valence-electron chi connectivity index (χ2n) is 4.08. The molecule has 0 aliphatic carbocycles. The molecule has 0 amide bonds. The number of nitrogens with zero attached hydrogens (tertiary/aromatic N) is 1. The summed E-state index contributed by atoms with van der Waals surface area (Å²) in [6.45, 7) is 2.08. The summed E-state index contributed by atoms with van der Waals surface area (Å²) in [5.74, 6) is 1.59. The van der Waals surface area contributed by atoms with E-state index in [-0.39, 0.29) is 5.75 Å². The zero-order chi connectivity index (χ0) is 12.3. The van der Waals surface area contributed by atoms with Crippen LogP contribution in [0.2, 0.25) is 0 Å². The standard InChI is InChI=1S/C13H16N2O2/c1-9(14-2)6-12-8-15-13(17-12)10-4-3-5-11(16)7-10/h3-5,7-9,14,16H,6H2,1-2H3. The van der Waals surface area contributed by atoms with Crippen LogP contribution in [0.5, 0.6) is 5.75 Å². The lowest BCUT2D eigenvalue weighted by molar-refractivity contribution is 0.471. The second-order valence-corrected chi connectivity index (χ2v) is 4.08. The molecular formula is C13H16N2O2. The van der Waals surface area contributed by atoms with E-state index in [1.54, 1.807) is 24.4 Å². The zero-order valence-corrected chi connectivity index (χ0v) is 9.97. The number of likely N-dealkylation sites (N-methyl/N-ethyl adjacent to an activating group) is 1. The van der Waals surface area contributed by atoms with Gasteiger partial charge >= 0.3 is 0 Å². The van der Waals surface area contributed by atoms with Crippen LogP contribution in [0.1, 0.15) is 12.7 Å². The Hall–Kier alpha value is -1.81. The Morgan fingerprint density at radius 2 is 2.29 bits per heavy atom. The quantitative estimate of drug-likeness (QED) is 0.848. The van der Waals surface area contributed by atoms with Crippen LogP contribution < -0.4 is 5.32 Å². The molecule has 17 heavy (non-hydrogen) atoms. The Labute approximate surface area is 100 Å². The van der Waals surface area contributed by atoms with E-state index < -0.39 is 0 Å². The van der Waals surface area contributed by atoms with Crippen molar-refractivity contribution in [1.82, 2.24) is 10.3 Å². The second kappa shape index (κ2) is 5.01. The van der Waals surface area contributed by atoms with Gasteiger partial charge in [-0.1, -0.05) is 6.07 Å². The summed E-state index contributed by atoms with van der Waals surface area (Å²) >= 11 is 0. The highest BCUT2D eigenvalue weighted by Gasteiger charge is 2.09. The number of benzene rings is 1. The molecule has 0 saturated carbocycles. The molecule has 4 nitrogen and oxygen atoms in total. The molecule has 2 aromatic rings. The van der Waals surface area contributed by atoms with Gasteiger partial charge in [0.25, 0.3) is 0 Å². The van der Waals surface area contributed by atoms with E-state index in [9.17, 15) is 5.11 Å². The number of hydrogen-bond donors (Lipinski definition) is 2. The lowest BCUT2D eigenvalue weighted by Crippen LogP contribution is -2.23. The first kappa shape index (κ1) is 11.7. The fourth-order valence-corrected chi connectivity index (χ4v) is 1.58. The van der Waals surface area contributed by atoms with Gasteiger partial charge in [-0.2, -0.15) is 0 Å². The number of phenolic OH excluding ortho intramolecular Hbond substituents is 1. The highest BCUT2D eigenvalue weighted by atomic mass is 16.4. The maximum absolute atomic E-state index is 9.39. The molecule has 1 aromatic carbocycles. The van der Waals surface area contributed by atoms with E-state index in [0.717, 1.165) is 17.7 Å². The van der Waals surface area contributed by atoms with Gasteiger partial charge in [0.15, 0.2) is 0 Å². The largest absolute Gasteiger partial charge is 0.508 e. The molecule has 0 bridgehead atoms. The van der Waals surface area contributed by atoms with Gasteiger partial charge in [0.1, 0.15) is 11.5 Å². The third-order valence-corrected chi connectivity index (χ3v) is 2.65. The van der Waals surface area contributed by atoms with E-state index in [1.165, 1.54) is 0 Å². The Morgan fingerprint density at radius 1 is 1.47 bits per heavy atom. The average molecular weight is 232 g/mol. The molecular weight excluding hydrogens is 216 g/mol. The molecule has 1 unspecified atom stereocenters. The summed E-state index contributed by atoms with van der Waals surface area (Å²) in [5.41, 5.74) is 0.786. The van der Waals surface area contributed by atoms with Gasteiger partial charge in [0.05, 0.1) is 6.20 Å². The Kier molecular flexibility index (Phi) is 3.44. The molecule has 0 aliphatic heterocycles. The number of aromatic nitrogens is 1. The molecule has 90 valence electrons. The van der Waals surface area contributed by atoms with Gasteiger partial charge in [0.2, 0.25) is 5.89 Å². The van der Waals surface area contributed by atoms with E-state index >= 15 is 0 Å². The Morgan fingerprint density at radius 3 is 3.00 bits per heavy atom.